The number of H-pyrrole nitrogens is 1. The number of piperidine rings is 1. The maximum absolute atomic E-state index is 5.32. The second-order valence-corrected chi connectivity index (χ2v) is 7.19. The Bertz CT molecular complexity index is 903. The molecule has 0 aliphatic carbocycles. The maximum Gasteiger partial charge on any atom is 0.216 e. The van der Waals surface area contributed by atoms with Crippen molar-refractivity contribution in [3.8, 4) is 11.6 Å². The molecule has 160 valence electrons. The van der Waals surface area contributed by atoms with Crippen molar-refractivity contribution >= 4 is 29.9 Å². The van der Waals surface area contributed by atoms with Gasteiger partial charge in [-0.2, -0.15) is 0 Å². The normalized spacial score (nSPS) is 15.6. The van der Waals surface area contributed by atoms with E-state index in [-0.39, 0.29) is 24.0 Å². The number of nitrogens with one attached hydrogen (secondary N) is 3. The van der Waals surface area contributed by atoms with E-state index in [4.69, 9.17) is 4.42 Å². The van der Waals surface area contributed by atoms with E-state index in [0.717, 1.165) is 44.3 Å². The van der Waals surface area contributed by atoms with Crippen LogP contribution in [0, 0.1) is 0 Å². The largest absolute Gasteiger partial charge is 0.461 e. The average Bonchev–Trinajstić information content (AvgIpc) is 3.45. The van der Waals surface area contributed by atoms with Crippen LogP contribution >= 0.6 is 24.0 Å². The number of rotatable bonds is 6. The van der Waals surface area contributed by atoms with Crippen molar-refractivity contribution in [3.05, 3.63) is 60.1 Å². The van der Waals surface area contributed by atoms with Crippen molar-refractivity contribution in [3.63, 3.8) is 0 Å². The standard InChI is InChI=1S/C21H27N7O.HI/c1-22-21(23-14-19-25-20(27-26-19)18-8-5-13-29-18)24-17-9-11-28(12-10-17)15-16-6-3-2-4-7-16;/h2-8,13,17H,9-12,14-15H2,1H3,(H2,22,23,24)(H,25,26,27);1H. The van der Waals surface area contributed by atoms with Crippen molar-refractivity contribution in [2.24, 2.45) is 4.99 Å². The first kappa shape index (κ1) is 22.3. The predicted molar refractivity (Wildman–Crippen MR) is 128 cm³/mol. The third-order valence-electron chi connectivity index (χ3n) is 5.10. The van der Waals surface area contributed by atoms with E-state index in [1.54, 1.807) is 13.3 Å². The highest BCUT2D eigenvalue weighted by atomic mass is 127. The average molecular weight is 521 g/mol. The molecule has 4 rings (SSSR count). The van der Waals surface area contributed by atoms with E-state index in [1.807, 2.05) is 12.1 Å². The Morgan fingerprint density at radius 3 is 2.70 bits per heavy atom. The molecule has 8 nitrogen and oxygen atoms in total. The second-order valence-electron chi connectivity index (χ2n) is 7.19. The van der Waals surface area contributed by atoms with Crippen LogP contribution in [0.1, 0.15) is 24.2 Å². The summed E-state index contributed by atoms with van der Waals surface area (Å²) in [5.41, 5.74) is 1.37. The third-order valence-corrected chi connectivity index (χ3v) is 5.10. The van der Waals surface area contributed by atoms with E-state index < -0.39 is 0 Å². The number of hydrogen-bond donors (Lipinski definition) is 3. The number of aliphatic imine (C=N–C) groups is 1. The van der Waals surface area contributed by atoms with Gasteiger partial charge in [0.1, 0.15) is 5.82 Å². The smallest absolute Gasteiger partial charge is 0.216 e. The molecule has 3 heterocycles. The van der Waals surface area contributed by atoms with Crippen molar-refractivity contribution < 1.29 is 4.42 Å². The lowest BCUT2D eigenvalue weighted by molar-refractivity contribution is 0.198. The van der Waals surface area contributed by atoms with Crippen LogP contribution in [-0.4, -0.2) is 52.2 Å². The topological polar surface area (TPSA) is 94.4 Å². The number of guanidine groups is 1. The first-order valence-corrected chi connectivity index (χ1v) is 9.99. The van der Waals surface area contributed by atoms with E-state index >= 15 is 0 Å². The number of hydrogen-bond acceptors (Lipinski definition) is 5. The highest BCUT2D eigenvalue weighted by Crippen LogP contribution is 2.15. The second kappa shape index (κ2) is 11.1. The Kier molecular flexibility index (Phi) is 8.26. The Morgan fingerprint density at radius 2 is 2.00 bits per heavy atom. The zero-order valence-electron chi connectivity index (χ0n) is 17.0. The van der Waals surface area contributed by atoms with Crippen LogP contribution in [0.4, 0.5) is 0 Å². The highest BCUT2D eigenvalue weighted by molar-refractivity contribution is 14.0. The van der Waals surface area contributed by atoms with Gasteiger partial charge in [0.05, 0.1) is 12.8 Å². The third kappa shape index (κ3) is 6.05. The first-order valence-electron chi connectivity index (χ1n) is 9.99. The summed E-state index contributed by atoms with van der Waals surface area (Å²) < 4.78 is 5.32. The van der Waals surface area contributed by atoms with Crippen molar-refractivity contribution in [2.45, 2.75) is 32.0 Å². The minimum absolute atomic E-state index is 0. The van der Waals surface area contributed by atoms with Crippen molar-refractivity contribution in [1.82, 2.24) is 30.7 Å². The van der Waals surface area contributed by atoms with Crippen LogP contribution in [-0.2, 0) is 13.1 Å². The SMILES string of the molecule is CN=C(NCc1nc(-c2ccco2)n[nH]1)NC1CCN(Cc2ccccc2)CC1.I. The molecule has 1 aliphatic rings. The van der Waals surface area contributed by atoms with Gasteiger partial charge in [0, 0.05) is 32.7 Å². The molecule has 0 bridgehead atoms. The summed E-state index contributed by atoms with van der Waals surface area (Å²) in [6.45, 7) is 3.70. The van der Waals surface area contributed by atoms with Gasteiger partial charge >= 0.3 is 0 Å². The summed E-state index contributed by atoms with van der Waals surface area (Å²) in [6, 6.07) is 14.7. The molecule has 1 aromatic carbocycles. The zero-order chi connectivity index (χ0) is 19.9. The molecule has 0 spiro atoms. The number of nitrogens with zero attached hydrogens (tertiary/aromatic N) is 4. The van der Waals surface area contributed by atoms with Gasteiger partial charge < -0.3 is 15.1 Å². The minimum atomic E-state index is 0. The van der Waals surface area contributed by atoms with Gasteiger partial charge in [-0.3, -0.25) is 15.0 Å². The number of halogens is 1. The molecule has 30 heavy (non-hydrogen) atoms. The summed E-state index contributed by atoms with van der Waals surface area (Å²) in [5, 5.41) is 13.9. The van der Waals surface area contributed by atoms with Gasteiger partial charge in [0.2, 0.25) is 5.82 Å². The van der Waals surface area contributed by atoms with Crippen molar-refractivity contribution in [1.29, 1.82) is 0 Å². The summed E-state index contributed by atoms with van der Waals surface area (Å²) in [7, 11) is 1.79. The molecule has 9 heteroatoms. The van der Waals surface area contributed by atoms with E-state index in [2.05, 4.69) is 66.0 Å². The first-order chi connectivity index (χ1) is 14.3. The van der Waals surface area contributed by atoms with Gasteiger partial charge in [-0.15, -0.1) is 29.1 Å². The fourth-order valence-electron chi connectivity index (χ4n) is 3.52. The molecule has 3 aromatic rings. The minimum Gasteiger partial charge on any atom is -0.461 e. The van der Waals surface area contributed by atoms with Crippen LogP contribution in [0.15, 0.2) is 58.1 Å². The summed E-state index contributed by atoms with van der Waals surface area (Å²) in [5.74, 6) is 2.72. The number of furan rings is 1. The summed E-state index contributed by atoms with van der Waals surface area (Å²) in [4.78, 5) is 11.3. The molecule has 2 aromatic heterocycles. The Balaban J connectivity index is 0.00000256. The molecular formula is C21H28IN7O. The van der Waals surface area contributed by atoms with E-state index in [9.17, 15) is 0 Å². The summed E-state index contributed by atoms with van der Waals surface area (Å²) in [6.07, 6.45) is 3.80. The number of aromatic amines is 1. The molecule has 0 unspecified atom stereocenters. The molecule has 0 amide bonds. The van der Waals surface area contributed by atoms with Crippen LogP contribution in [0.5, 0.6) is 0 Å². The fraction of sp³-hybridized carbons (Fsp3) is 0.381. The molecular weight excluding hydrogens is 493 g/mol. The summed E-state index contributed by atoms with van der Waals surface area (Å²) >= 11 is 0. The number of aromatic nitrogens is 3. The highest BCUT2D eigenvalue weighted by Gasteiger charge is 2.20. The van der Waals surface area contributed by atoms with Crippen LogP contribution < -0.4 is 10.6 Å². The number of likely N-dealkylation sites (tertiary alicyclic amines) is 1. The molecule has 1 saturated heterocycles. The molecule has 0 radical (unpaired) electrons. The molecule has 3 N–H and O–H groups in total. The lowest BCUT2D eigenvalue weighted by Gasteiger charge is -2.33. The molecule has 1 aliphatic heterocycles. The Labute approximate surface area is 193 Å². The monoisotopic (exact) mass is 521 g/mol. The quantitative estimate of drug-likeness (QED) is 0.263. The lowest BCUT2D eigenvalue weighted by atomic mass is 10.0. The molecule has 0 saturated carbocycles. The van der Waals surface area contributed by atoms with Crippen molar-refractivity contribution in [2.75, 3.05) is 20.1 Å². The molecule has 1 fully saturated rings. The predicted octanol–water partition coefficient (Wildman–Crippen LogP) is 3.01. The van der Waals surface area contributed by atoms with Gasteiger partial charge in [-0.1, -0.05) is 30.3 Å². The van der Waals surface area contributed by atoms with E-state index in [1.165, 1.54) is 5.56 Å². The lowest BCUT2D eigenvalue weighted by Crippen LogP contribution is -2.48. The zero-order valence-corrected chi connectivity index (χ0v) is 19.4. The van der Waals surface area contributed by atoms with Crippen LogP contribution in [0.2, 0.25) is 0 Å². The van der Waals surface area contributed by atoms with Gasteiger partial charge in [0.25, 0.3) is 0 Å². The van der Waals surface area contributed by atoms with Gasteiger partial charge in [-0.05, 0) is 30.5 Å². The van der Waals surface area contributed by atoms with Crippen LogP contribution in [0.25, 0.3) is 11.6 Å². The fourth-order valence-corrected chi connectivity index (χ4v) is 3.52. The van der Waals surface area contributed by atoms with Gasteiger partial charge in [-0.25, -0.2) is 4.98 Å². The number of benzene rings is 1. The van der Waals surface area contributed by atoms with Crippen LogP contribution in [0.3, 0.4) is 0 Å². The van der Waals surface area contributed by atoms with Gasteiger partial charge in [0.15, 0.2) is 11.7 Å². The maximum atomic E-state index is 5.32. The Hall–Kier alpha value is -2.40. The van der Waals surface area contributed by atoms with E-state index in [0.29, 0.717) is 24.2 Å². The molecule has 0 atom stereocenters. The Morgan fingerprint density at radius 1 is 1.20 bits per heavy atom.